The minimum Gasteiger partial charge on any atom is -0.480 e. The van der Waals surface area contributed by atoms with Crippen molar-refractivity contribution in [2.24, 2.45) is 5.41 Å². The highest BCUT2D eigenvalue weighted by Gasteiger charge is 2.32. The molecule has 0 fully saturated rings. The number of carboxylic acids is 1. The van der Waals surface area contributed by atoms with Gasteiger partial charge in [0.25, 0.3) is 5.91 Å². The molecular weight excluding hydrogens is 234 g/mol. The third kappa shape index (κ3) is 3.44. The zero-order chi connectivity index (χ0) is 13.9. The van der Waals surface area contributed by atoms with E-state index < -0.39 is 23.3 Å². The van der Waals surface area contributed by atoms with E-state index in [9.17, 15) is 9.59 Å². The number of nitrogen functional groups attached to an aromatic ring is 1. The second kappa shape index (κ2) is 5.03. The van der Waals surface area contributed by atoms with E-state index in [1.54, 1.807) is 20.8 Å². The fourth-order valence-corrected chi connectivity index (χ4v) is 1.39. The van der Waals surface area contributed by atoms with Gasteiger partial charge in [-0.05, 0) is 17.5 Å². The van der Waals surface area contributed by atoms with Gasteiger partial charge >= 0.3 is 5.97 Å². The quantitative estimate of drug-likeness (QED) is 0.740. The summed E-state index contributed by atoms with van der Waals surface area (Å²) in [5.74, 6) is -1.61. The number of nitrogens with one attached hydrogen (secondary N) is 1. The minimum absolute atomic E-state index is 0.139. The van der Waals surface area contributed by atoms with Crippen molar-refractivity contribution in [2.45, 2.75) is 26.8 Å². The summed E-state index contributed by atoms with van der Waals surface area (Å²) < 4.78 is 0. The Hall–Kier alpha value is -2.11. The van der Waals surface area contributed by atoms with E-state index in [1.807, 2.05) is 0 Å². The van der Waals surface area contributed by atoms with Gasteiger partial charge in [0, 0.05) is 0 Å². The predicted octanol–water partition coefficient (Wildman–Crippen LogP) is 0.893. The van der Waals surface area contributed by atoms with Gasteiger partial charge in [0.2, 0.25) is 0 Å². The molecule has 1 rings (SSSR count). The molecule has 1 aromatic rings. The fraction of sp³-hybridized carbons (Fsp3) is 0.417. The second-order valence-corrected chi connectivity index (χ2v) is 5.09. The Morgan fingerprint density at radius 2 is 2.00 bits per heavy atom. The van der Waals surface area contributed by atoms with Gasteiger partial charge in [-0.15, -0.1) is 0 Å². The predicted molar refractivity (Wildman–Crippen MR) is 67.0 cm³/mol. The largest absolute Gasteiger partial charge is 0.480 e. The van der Waals surface area contributed by atoms with Crippen molar-refractivity contribution >= 4 is 17.6 Å². The molecule has 0 spiro atoms. The van der Waals surface area contributed by atoms with Crippen LogP contribution in [0.1, 0.15) is 31.3 Å². The zero-order valence-corrected chi connectivity index (χ0v) is 10.6. The van der Waals surface area contributed by atoms with Crippen LogP contribution in [0.5, 0.6) is 0 Å². The highest BCUT2D eigenvalue weighted by Crippen LogP contribution is 2.19. The first-order valence-electron chi connectivity index (χ1n) is 5.47. The molecule has 0 bridgehead atoms. The van der Waals surface area contributed by atoms with Crippen molar-refractivity contribution in [2.75, 3.05) is 5.73 Å². The molecule has 0 aliphatic carbocycles. The van der Waals surface area contributed by atoms with E-state index >= 15 is 0 Å². The highest BCUT2D eigenvalue weighted by atomic mass is 16.4. The first kappa shape index (κ1) is 14.0. The number of nitrogens with two attached hydrogens (primary N) is 1. The first-order valence-corrected chi connectivity index (χ1v) is 5.47. The number of carboxylic acid groups (broad SMARTS) is 1. The maximum Gasteiger partial charge on any atom is 0.326 e. The van der Waals surface area contributed by atoms with E-state index in [2.05, 4.69) is 10.3 Å². The van der Waals surface area contributed by atoms with Gasteiger partial charge in [0.15, 0.2) is 0 Å². The van der Waals surface area contributed by atoms with Gasteiger partial charge in [-0.2, -0.15) is 0 Å². The van der Waals surface area contributed by atoms with Gasteiger partial charge in [-0.3, -0.25) is 4.79 Å². The molecule has 0 saturated carbocycles. The van der Waals surface area contributed by atoms with Crippen LogP contribution in [0.15, 0.2) is 18.3 Å². The zero-order valence-electron chi connectivity index (χ0n) is 10.6. The lowest BCUT2D eigenvalue weighted by molar-refractivity contribution is -0.142. The Morgan fingerprint density at radius 1 is 1.39 bits per heavy atom. The number of amides is 1. The van der Waals surface area contributed by atoms with Crippen LogP contribution < -0.4 is 11.1 Å². The topological polar surface area (TPSA) is 105 Å². The molecule has 6 heteroatoms. The number of aliphatic carboxylic acids is 1. The van der Waals surface area contributed by atoms with Crippen molar-refractivity contribution < 1.29 is 14.7 Å². The van der Waals surface area contributed by atoms with Crippen LogP contribution in [0, 0.1) is 5.41 Å². The lowest BCUT2D eigenvalue weighted by Gasteiger charge is -2.27. The highest BCUT2D eigenvalue weighted by molar-refractivity contribution is 5.95. The number of hydrogen-bond acceptors (Lipinski definition) is 4. The summed E-state index contributed by atoms with van der Waals surface area (Å²) >= 11 is 0. The smallest absolute Gasteiger partial charge is 0.326 e. The Kier molecular flexibility index (Phi) is 3.90. The molecule has 98 valence electrons. The maximum absolute atomic E-state index is 11.8. The van der Waals surface area contributed by atoms with Crippen molar-refractivity contribution in [3.05, 3.63) is 24.0 Å². The number of carbonyl (C=O) groups excluding carboxylic acids is 1. The Bertz CT molecular complexity index is 449. The summed E-state index contributed by atoms with van der Waals surface area (Å²) in [6.07, 6.45) is 1.35. The maximum atomic E-state index is 11.8. The number of hydrogen-bond donors (Lipinski definition) is 3. The number of anilines is 1. The van der Waals surface area contributed by atoms with Crippen molar-refractivity contribution in [3.8, 4) is 0 Å². The van der Waals surface area contributed by atoms with Crippen LogP contribution in [-0.4, -0.2) is 28.0 Å². The SMILES string of the molecule is CC(C)(C)[C@H](NC(=O)c1ccc(N)cn1)C(=O)O. The standard InChI is InChI=1S/C12H17N3O3/c1-12(2,3)9(11(17)18)15-10(16)8-5-4-7(13)6-14-8/h4-6,9H,13H2,1-3H3,(H,15,16)(H,17,18)/t9-/m1/s1. The molecule has 6 nitrogen and oxygen atoms in total. The van der Waals surface area contributed by atoms with Gasteiger partial charge < -0.3 is 16.2 Å². The van der Waals surface area contributed by atoms with Crippen molar-refractivity contribution in [1.82, 2.24) is 10.3 Å². The Morgan fingerprint density at radius 3 is 2.39 bits per heavy atom. The number of rotatable bonds is 3. The minimum atomic E-state index is -1.08. The molecule has 1 heterocycles. The molecule has 0 unspecified atom stereocenters. The summed E-state index contributed by atoms with van der Waals surface area (Å²) in [6.45, 7) is 5.22. The molecule has 0 radical (unpaired) electrons. The summed E-state index contributed by atoms with van der Waals surface area (Å²) in [5, 5.41) is 11.5. The third-order valence-corrected chi connectivity index (χ3v) is 2.41. The Labute approximate surface area is 105 Å². The molecular formula is C12H17N3O3. The van der Waals surface area contributed by atoms with Crippen LogP contribution in [0.25, 0.3) is 0 Å². The third-order valence-electron chi connectivity index (χ3n) is 2.41. The van der Waals surface area contributed by atoms with Crippen LogP contribution in [0.2, 0.25) is 0 Å². The van der Waals surface area contributed by atoms with E-state index in [1.165, 1.54) is 18.3 Å². The molecule has 0 aliphatic heterocycles. The number of aromatic nitrogens is 1. The number of carbonyl (C=O) groups is 2. The first-order chi connectivity index (χ1) is 8.21. The van der Waals surface area contributed by atoms with E-state index in [0.29, 0.717) is 5.69 Å². The molecule has 1 aromatic heterocycles. The average molecular weight is 251 g/mol. The van der Waals surface area contributed by atoms with Gasteiger partial charge in [0.1, 0.15) is 11.7 Å². The van der Waals surface area contributed by atoms with Crippen LogP contribution in [0.4, 0.5) is 5.69 Å². The number of nitrogens with zero attached hydrogens (tertiary/aromatic N) is 1. The van der Waals surface area contributed by atoms with Gasteiger partial charge in [-0.25, -0.2) is 9.78 Å². The molecule has 0 saturated heterocycles. The van der Waals surface area contributed by atoms with Gasteiger partial charge in [-0.1, -0.05) is 20.8 Å². The summed E-state index contributed by atoms with van der Waals surface area (Å²) in [7, 11) is 0. The van der Waals surface area contributed by atoms with Gasteiger partial charge in [0.05, 0.1) is 11.9 Å². The number of pyridine rings is 1. The summed E-state index contributed by atoms with van der Waals surface area (Å²) in [4.78, 5) is 26.8. The molecule has 0 aliphatic rings. The average Bonchev–Trinajstić information content (AvgIpc) is 2.24. The monoisotopic (exact) mass is 251 g/mol. The molecule has 4 N–H and O–H groups in total. The summed E-state index contributed by atoms with van der Waals surface area (Å²) in [6, 6.07) is 2.01. The van der Waals surface area contributed by atoms with Crippen LogP contribution in [-0.2, 0) is 4.79 Å². The normalized spacial score (nSPS) is 12.8. The van der Waals surface area contributed by atoms with E-state index in [-0.39, 0.29) is 5.69 Å². The lowest BCUT2D eigenvalue weighted by atomic mass is 9.86. The van der Waals surface area contributed by atoms with E-state index in [0.717, 1.165) is 0 Å². The van der Waals surface area contributed by atoms with Crippen molar-refractivity contribution in [1.29, 1.82) is 0 Å². The van der Waals surface area contributed by atoms with E-state index in [4.69, 9.17) is 10.8 Å². The lowest BCUT2D eigenvalue weighted by Crippen LogP contribution is -2.49. The van der Waals surface area contributed by atoms with Crippen LogP contribution >= 0.6 is 0 Å². The molecule has 0 aromatic carbocycles. The Balaban J connectivity index is 2.86. The van der Waals surface area contributed by atoms with Crippen molar-refractivity contribution in [3.63, 3.8) is 0 Å². The fourth-order valence-electron chi connectivity index (χ4n) is 1.39. The van der Waals surface area contributed by atoms with Crippen LogP contribution in [0.3, 0.4) is 0 Å². The molecule has 1 atom stereocenters. The molecule has 18 heavy (non-hydrogen) atoms. The molecule has 1 amide bonds. The summed E-state index contributed by atoms with van der Waals surface area (Å²) in [5.41, 5.74) is 5.45. The second-order valence-electron chi connectivity index (χ2n) is 5.09.